The van der Waals surface area contributed by atoms with Crippen molar-refractivity contribution in [1.82, 2.24) is 4.57 Å². The number of benzene rings is 3. The van der Waals surface area contributed by atoms with Crippen LogP contribution in [0.15, 0.2) is 96.2 Å². The summed E-state index contributed by atoms with van der Waals surface area (Å²) in [5.74, 6) is 0. The molecule has 0 radical (unpaired) electrons. The van der Waals surface area contributed by atoms with E-state index in [0.29, 0.717) is 3.63 Å². The van der Waals surface area contributed by atoms with Gasteiger partial charge in [0.05, 0.1) is 8.07 Å². The number of fused-ring (bicyclic) bond motifs is 1. The van der Waals surface area contributed by atoms with E-state index in [4.69, 9.17) is 0 Å². The van der Waals surface area contributed by atoms with Gasteiger partial charge in [-0.15, -0.1) is 0 Å². The van der Waals surface area contributed by atoms with Gasteiger partial charge >= 0.3 is 143 Å². The third kappa shape index (κ3) is 5.68. The van der Waals surface area contributed by atoms with E-state index in [1.165, 1.54) is 70.5 Å². The summed E-state index contributed by atoms with van der Waals surface area (Å²) in [5, 5.41) is 1.70. The van der Waals surface area contributed by atoms with Gasteiger partial charge < -0.3 is 29.4 Å². The molecule has 0 saturated carbocycles. The molecule has 2 bridgehead atoms. The number of unbranched alkanes of at least 4 members (excludes halogenated alkanes) is 2. The Morgan fingerprint density at radius 1 is 0.810 bits per heavy atom. The first-order valence-electron chi connectivity index (χ1n) is 14.9. The van der Waals surface area contributed by atoms with Crippen LogP contribution in [0.3, 0.4) is 0 Å². The molecule has 215 valence electrons. The fourth-order valence-corrected chi connectivity index (χ4v) is 12.5. The minimum absolute atomic E-state index is 0. The molecule has 3 aromatic carbocycles. The number of hydrogen-bond donors (Lipinski definition) is 0. The molecule has 0 saturated heterocycles. The first-order chi connectivity index (χ1) is 19.3. The zero-order chi connectivity index (χ0) is 28.0. The average molecular weight is 689 g/mol. The van der Waals surface area contributed by atoms with E-state index in [2.05, 4.69) is 130 Å². The van der Waals surface area contributed by atoms with E-state index < -0.39 is 8.07 Å². The van der Waals surface area contributed by atoms with Crippen LogP contribution in [0.25, 0.3) is 28.1 Å². The first-order valence-corrected chi connectivity index (χ1v) is 19.4. The van der Waals surface area contributed by atoms with Crippen LogP contribution in [-0.2, 0) is 31.1 Å². The van der Waals surface area contributed by atoms with Crippen molar-refractivity contribution in [2.75, 3.05) is 0 Å². The quantitative estimate of drug-likeness (QED) is 0.211. The van der Waals surface area contributed by atoms with Crippen LogP contribution in [-0.4, -0.2) is 12.6 Å². The fourth-order valence-electron chi connectivity index (χ4n) is 7.36. The van der Waals surface area contributed by atoms with Gasteiger partial charge in [-0.3, -0.25) is 0 Å². The van der Waals surface area contributed by atoms with E-state index in [-0.39, 0.29) is 24.8 Å². The van der Waals surface area contributed by atoms with Crippen LogP contribution in [0, 0.1) is 0 Å². The zero-order valence-electron chi connectivity index (χ0n) is 25.3. The van der Waals surface area contributed by atoms with Crippen LogP contribution in [0.1, 0.15) is 77.1 Å². The Bertz CT molecular complexity index is 1620. The number of para-hydroxylation sites is 1. The number of allylic oxidation sites excluding steroid dienone is 2. The minimum atomic E-state index is -1.17. The van der Waals surface area contributed by atoms with Crippen molar-refractivity contribution in [3.05, 3.63) is 124 Å². The number of halogens is 2. The number of aryl methyl sites for hydroxylation is 1. The summed E-state index contributed by atoms with van der Waals surface area (Å²) in [5.41, 5.74) is 15.5. The summed E-state index contributed by atoms with van der Waals surface area (Å²) in [4.78, 5) is 0. The second kappa shape index (κ2) is 13.4. The van der Waals surface area contributed by atoms with Gasteiger partial charge in [-0.1, -0.05) is 43.8 Å². The molecule has 0 spiro atoms. The van der Waals surface area contributed by atoms with Crippen molar-refractivity contribution in [3.63, 3.8) is 0 Å². The molecule has 1 nitrogen and oxygen atoms in total. The van der Waals surface area contributed by atoms with E-state index in [1.807, 2.05) is 0 Å². The molecular weight excluding hydrogens is 649 g/mol. The van der Waals surface area contributed by atoms with E-state index in [0.717, 1.165) is 5.54 Å². The summed E-state index contributed by atoms with van der Waals surface area (Å²) in [6, 6.07) is 29.0. The molecule has 0 fully saturated rings. The van der Waals surface area contributed by atoms with Gasteiger partial charge in [0.2, 0.25) is 0 Å². The standard InChI is InChI=1S/C21H23.C16H17NSi.2ClH.Zr/c1-3-4-5-7-17-10-12-18(13-11-17)20-9-6-8-19-14-16(2)15-21(19)20;1-11-15-13-9-10-17(12-7-5-4-6-8-12)14(13)16(11)18(15,2)3;;;/h6,8-15H,3-5,7H2,1-2H3;4-10,15H,1-3H3;2*1H;/q;;;;+2/p-2. The molecule has 0 amide bonds. The topological polar surface area (TPSA) is 4.93 Å². The molecule has 1 aromatic heterocycles. The summed E-state index contributed by atoms with van der Waals surface area (Å²) < 4.78 is 3.03. The second-order valence-corrected chi connectivity index (χ2v) is 18.3. The largest absolute Gasteiger partial charge is 1.00 e. The van der Waals surface area contributed by atoms with Crippen LogP contribution in [0.5, 0.6) is 0 Å². The van der Waals surface area contributed by atoms with Crippen molar-refractivity contribution < 1.29 is 49.5 Å². The van der Waals surface area contributed by atoms with Crippen LogP contribution in [0.2, 0.25) is 13.1 Å². The van der Waals surface area contributed by atoms with Gasteiger partial charge in [0.1, 0.15) is 0 Å². The third-order valence-corrected chi connectivity index (χ3v) is 15.3. The molecule has 2 atom stereocenters. The van der Waals surface area contributed by atoms with Gasteiger partial charge in [-0.25, -0.2) is 0 Å². The molecule has 8 rings (SSSR count). The number of rotatable bonds is 6. The van der Waals surface area contributed by atoms with E-state index >= 15 is 0 Å². The van der Waals surface area contributed by atoms with Crippen molar-refractivity contribution in [2.24, 2.45) is 0 Å². The van der Waals surface area contributed by atoms with E-state index in [9.17, 15) is 0 Å². The monoisotopic (exact) mass is 686 g/mol. The molecule has 2 unspecified atom stereocenters. The van der Waals surface area contributed by atoms with Gasteiger partial charge in [0.15, 0.2) is 0 Å². The molecule has 5 heteroatoms. The smallest absolute Gasteiger partial charge is 1.00 e. The SMILES string of the molecule is CC1=C2c3c(ccn3-c3ccccc3)C1[Si]2(C)C.CCCCCc1ccc(-c2cccc3c2C=C(C)[CH]3[Zr+2])cc1.[Cl-].[Cl-]. The normalized spacial score (nSPS) is 18.5. The average Bonchev–Trinajstić information content (AvgIpc) is 3.65. The van der Waals surface area contributed by atoms with E-state index in [1.54, 1.807) is 41.1 Å². The molecule has 4 aromatic rings. The minimum Gasteiger partial charge on any atom is -1.00 e. The first kappa shape index (κ1) is 33.0. The Labute approximate surface area is 281 Å². The van der Waals surface area contributed by atoms with Crippen molar-refractivity contribution >= 4 is 19.3 Å². The Hall–Kier alpha value is -1.90. The maximum atomic E-state index is 2.51. The predicted octanol–water partition coefficient (Wildman–Crippen LogP) is 4.25. The predicted molar refractivity (Wildman–Crippen MR) is 170 cm³/mol. The van der Waals surface area contributed by atoms with Gasteiger partial charge in [0, 0.05) is 23.1 Å². The molecule has 4 aliphatic rings. The third-order valence-electron chi connectivity index (χ3n) is 9.31. The summed E-state index contributed by atoms with van der Waals surface area (Å²) >= 11 is 1.59. The molecule has 3 heterocycles. The molecular formula is C37H40Cl2NSiZr. The Kier molecular flexibility index (Phi) is 10.5. The zero-order valence-corrected chi connectivity index (χ0v) is 30.3. The number of aromatic nitrogens is 1. The van der Waals surface area contributed by atoms with Crippen LogP contribution < -0.4 is 24.8 Å². The Morgan fingerprint density at radius 2 is 1.52 bits per heavy atom. The van der Waals surface area contributed by atoms with Gasteiger partial charge in [0.25, 0.3) is 0 Å². The maximum Gasteiger partial charge on any atom is -1.00 e. The molecule has 42 heavy (non-hydrogen) atoms. The summed E-state index contributed by atoms with van der Waals surface area (Å²) in [6.45, 7) is 11.9. The Morgan fingerprint density at radius 3 is 2.19 bits per heavy atom. The van der Waals surface area contributed by atoms with Crippen molar-refractivity contribution in [2.45, 2.75) is 68.7 Å². The maximum absolute atomic E-state index is 2.51. The summed E-state index contributed by atoms with van der Waals surface area (Å²) in [6.07, 6.45) is 9.76. The van der Waals surface area contributed by atoms with Crippen LogP contribution >= 0.6 is 0 Å². The fraction of sp³-hybridized carbons (Fsp3) is 0.297. The summed E-state index contributed by atoms with van der Waals surface area (Å²) in [7, 11) is -1.17. The molecule has 2 aliphatic carbocycles. The van der Waals surface area contributed by atoms with Crippen molar-refractivity contribution in [3.8, 4) is 16.8 Å². The molecule has 2 aliphatic heterocycles. The number of hydrogen-bond acceptors (Lipinski definition) is 0. The number of nitrogens with zero attached hydrogens (tertiary/aromatic N) is 1. The van der Waals surface area contributed by atoms with Gasteiger partial charge in [-0.2, -0.15) is 0 Å². The molecule has 0 N–H and O–H groups in total. The van der Waals surface area contributed by atoms with Crippen LogP contribution in [0.4, 0.5) is 0 Å². The Balaban J connectivity index is 0.000000187. The second-order valence-electron chi connectivity index (χ2n) is 12.3. The van der Waals surface area contributed by atoms with Gasteiger partial charge in [-0.05, 0) is 35.9 Å². The van der Waals surface area contributed by atoms with Crippen molar-refractivity contribution in [1.29, 1.82) is 0 Å².